The van der Waals surface area contributed by atoms with Gasteiger partial charge in [0.15, 0.2) is 17.3 Å². The molecule has 3 aliphatic rings. The van der Waals surface area contributed by atoms with Crippen molar-refractivity contribution in [3.05, 3.63) is 45.7 Å². The average Bonchev–Trinajstić information content (AvgIpc) is 3.07. The molecule has 7 heteroatoms. The molecule has 4 rings (SSSR count). The normalized spacial score (nSPS) is 23.8. The Hall–Kier alpha value is -2.28. The molecule has 0 bridgehead atoms. The predicted octanol–water partition coefficient (Wildman–Crippen LogP) is 3.56. The first-order valence-corrected chi connectivity index (χ1v) is 9.78. The van der Waals surface area contributed by atoms with Gasteiger partial charge in [-0.15, -0.1) is 0 Å². The number of Topliss-reactive ketones (excluding diaryl/α,β-unsaturated/α-hetero) is 1. The van der Waals surface area contributed by atoms with Crippen molar-refractivity contribution >= 4 is 27.7 Å². The monoisotopic (exact) mass is 433 g/mol. The number of rotatable bonds is 3. The highest BCUT2D eigenvalue weighted by molar-refractivity contribution is 9.10. The molecule has 0 radical (unpaired) electrons. The smallest absolute Gasteiger partial charge is 0.315 e. The summed E-state index contributed by atoms with van der Waals surface area (Å²) in [4.78, 5) is 25.6. The summed E-state index contributed by atoms with van der Waals surface area (Å²) in [6.07, 6.45) is 2.02. The van der Waals surface area contributed by atoms with Crippen molar-refractivity contribution in [3.8, 4) is 11.5 Å². The molecule has 6 nitrogen and oxygen atoms in total. The van der Waals surface area contributed by atoms with E-state index in [2.05, 4.69) is 27.8 Å². The molecule has 0 aromatic heterocycles. The first-order chi connectivity index (χ1) is 13.0. The fraction of sp³-hybridized carbons (Fsp3) is 0.400. The molecule has 1 aliphatic carbocycles. The minimum absolute atomic E-state index is 0.0557. The van der Waals surface area contributed by atoms with Crippen LogP contribution in [0.2, 0.25) is 0 Å². The molecule has 2 aliphatic heterocycles. The van der Waals surface area contributed by atoms with E-state index in [1.54, 1.807) is 6.92 Å². The van der Waals surface area contributed by atoms with E-state index in [-0.39, 0.29) is 19.2 Å². The molecule has 2 unspecified atom stereocenters. The van der Waals surface area contributed by atoms with E-state index in [0.717, 1.165) is 28.6 Å². The van der Waals surface area contributed by atoms with Gasteiger partial charge in [0.2, 0.25) is 6.79 Å². The zero-order chi connectivity index (χ0) is 19.1. The Labute approximate surface area is 165 Å². The lowest BCUT2D eigenvalue weighted by Crippen LogP contribution is -2.41. The Morgan fingerprint density at radius 1 is 1.33 bits per heavy atom. The lowest BCUT2D eigenvalue weighted by Gasteiger charge is -2.38. The molecule has 0 saturated carbocycles. The first kappa shape index (κ1) is 18.1. The Kier molecular flexibility index (Phi) is 4.72. The number of hydrogen-bond acceptors (Lipinski definition) is 6. The van der Waals surface area contributed by atoms with Crippen molar-refractivity contribution in [3.63, 3.8) is 0 Å². The highest BCUT2D eigenvalue weighted by Crippen LogP contribution is 2.49. The van der Waals surface area contributed by atoms with Crippen LogP contribution in [0.1, 0.15) is 37.7 Å². The van der Waals surface area contributed by atoms with Crippen LogP contribution in [0.15, 0.2) is 40.2 Å². The number of nitrogens with one attached hydrogen (secondary N) is 1. The summed E-state index contributed by atoms with van der Waals surface area (Å²) >= 11 is 3.59. The van der Waals surface area contributed by atoms with Crippen LogP contribution in [-0.2, 0) is 14.3 Å². The maximum Gasteiger partial charge on any atom is 0.315 e. The number of halogens is 1. The summed E-state index contributed by atoms with van der Waals surface area (Å²) < 4.78 is 17.0. The second-order valence-corrected chi connectivity index (χ2v) is 7.61. The van der Waals surface area contributed by atoms with Crippen LogP contribution in [0.25, 0.3) is 0 Å². The van der Waals surface area contributed by atoms with E-state index in [1.807, 2.05) is 12.1 Å². The van der Waals surface area contributed by atoms with Crippen molar-refractivity contribution in [1.29, 1.82) is 0 Å². The fourth-order valence-corrected chi connectivity index (χ4v) is 4.58. The van der Waals surface area contributed by atoms with E-state index in [0.29, 0.717) is 29.2 Å². The van der Waals surface area contributed by atoms with Gasteiger partial charge in [0.25, 0.3) is 0 Å². The van der Waals surface area contributed by atoms with Crippen LogP contribution in [0, 0.1) is 5.92 Å². The Morgan fingerprint density at radius 2 is 2.07 bits per heavy atom. The molecular weight excluding hydrogens is 414 g/mol. The second-order valence-electron chi connectivity index (χ2n) is 6.75. The molecule has 1 aromatic rings. The summed E-state index contributed by atoms with van der Waals surface area (Å²) in [5, 5.41) is 3.20. The third-order valence-corrected chi connectivity index (χ3v) is 5.84. The standard InChI is InChI=1S/C20H20BrNO5/c1-3-25-20(24)17-10(2)22-13-5-4-6-14(23)19(13)18(17)11-7-15-16(8-12(11)21)27-9-26-15/h7-8,17-18,22H,2-6,9H2,1H3. The third kappa shape index (κ3) is 3.04. The largest absolute Gasteiger partial charge is 0.465 e. The molecule has 1 aromatic carbocycles. The molecule has 1 N–H and O–H groups in total. The quantitative estimate of drug-likeness (QED) is 0.734. The number of allylic oxidation sites excluding steroid dienone is 2. The van der Waals surface area contributed by atoms with Crippen LogP contribution < -0.4 is 14.8 Å². The number of ketones is 1. The minimum atomic E-state index is -0.692. The Balaban J connectivity index is 1.89. The van der Waals surface area contributed by atoms with E-state index in [1.165, 1.54) is 0 Å². The van der Waals surface area contributed by atoms with Gasteiger partial charge in [0.1, 0.15) is 5.92 Å². The van der Waals surface area contributed by atoms with Crippen LogP contribution in [-0.4, -0.2) is 25.2 Å². The maximum atomic E-state index is 12.8. The van der Waals surface area contributed by atoms with Gasteiger partial charge in [0, 0.05) is 33.8 Å². The Bertz CT molecular complexity index is 875. The SMILES string of the molecule is C=C1NC2=C(C(=O)CCC2)C(c2cc3c(cc2Br)OCO3)C1C(=O)OCC. The number of esters is 1. The van der Waals surface area contributed by atoms with Gasteiger partial charge < -0.3 is 19.5 Å². The van der Waals surface area contributed by atoms with Crippen LogP contribution in [0.4, 0.5) is 0 Å². The van der Waals surface area contributed by atoms with Crippen LogP contribution >= 0.6 is 15.9 Å². The lowest BCUT2D eigenvalue weighted by molar-refractivity contribution is -0.147. The summed E-state index contributed by atoms with van der Waals surface area (Å²) in [5.41, 5.74) is 2.84. The zero-order valence-electron chi connectivity index (χ0n) is 15.0. The van der Waals surface area contributed by atoms with Crippen molar-refractivity contribution in [2.75, 3.05) is 13.4 Å². The summed E-state index contributed by atoms with van der Waals surface area (Å²) in [6.45, 7) is 6.24. The predicted molar refractivity (Wildman–Crippen MR) is 101 cm³/mol. The highest BCUT2D eigenvalue weighted by atomic mass is 79.9. The van der Waals surface area contributed by atoms with Crippen molar-refractivity contribution in [2.24, 2.45) is 5.92 Å². The van der Waals surface area contributed by atoms with Gasteiger partial charge in [-0.25, -0.2) is 0 Å². The van der Waals surface area contributed by atoms with Gasteiger partial charge in [-0.2, -0.15) is 0 Å². The van der Waals surface area contributed by atoms with Gasteiger partial charge in [0.05, 0.1) is 6.61 Å². The van der Waals surface area contributed by atoms with E-state index in [9.17, 15) is 9.59 Å². The molecule has 0 saturated heterocycles. The first-order valence-electron chi connectivity index (χ1n) is 8.99. The third-order valence-electron chi connectivity index (χ3n) is 5.15. The average molecular weight is 434 g/mol. The van der Waals surface area contributed by atoms with Crippen LogP contribution in [0.3, 0.4) is 0 Å². The maximum absolute atomic E-state index is 12.8. The molecule has 2 heterocycles. The van der Waals surface area contributed by atoms with Gasteiger partial charge in [-0.1, -0.05) is 22.5 Å². The van der Waals surface area contributed by atoms with Gasteiger partial charge >= 0.3 is 5.97 Å². The van der Waals surface area contributed by atoms with Crippen molar-refractivity contribution in [1.82, 2.24) is 5.32 Å². The Morgan fingerprint density at radius 3 is 2.81 bits per heavy atom. The molecule has 0 amide bonds. The lowest BCUT2D eigenvalue weighted by atomic mass is 9.71. The number of fused-ring (bicyclic) bond motifs is 1. The van der Waals surface area contributed by atoms with Crippen molar-refractivity contribution in [2.45, 2.75) is 32.1 Å². The summed E-state index contributed by atoms with van der Waals surface area (Å²) in [5.74, 6) is -0.276. The highest BCUT2D eigenvalue weighted by Gasteiger charge is 2.45. The second kappa shape index (κ2) is 7.03. The molecule has 0 spiro atoms. The molecule has 27 heavy (non-hydrogen) atoms. The van der Waals surface area contributed by atoms with E-state index in [4.69, 9.17) is 14.2 Å². The van der Waals surface area contributed by atoms with E-state index < -0.39 is 17.8 Å². The number of carbonyl (C=O) groups is 2. The fourth-order valence-electron chi connectivity index (χ4n) is 4.01. The van der Waals surface area contributed by atoms with Gasteiger partial charge in [-0.3, -0.25) is 9.59 Å². The summed E-state index contributed by atoms with van der Waals surface area (Å²) in [7, 11) is 0. The number of ether oxygens (including phenoxy) is 3. The topological polar surface area (TPSA) is 73.9 Å². The zero-order valence-corrected chi connectivity index (χ0v) is 16.6. The molecule has 0 fully saturated rings. The number of benzene rings is 1. The minimum Gasteiger partial charge on any atom is -0.465 e. The number of carbonyl (C=O) groups excluding carboxylic acids is 2. The molecule has 2 atom stereocenters. The molecular formula is C20H20BrNO5. The van der Waals surface area contributed by atoms with E-state index >= 15 is 0 Å². The number of hydrogen-bond donors (Lipinski definition) is 1. The molecule has 142 valence electrons. The van der Waals surface area contributed by atoms with Gasteiger partial charge in [-0.05, 0) is 37.5 Å². The van der Waals surface area contributed by atoms with Crippen LogP contribution in [0.5, 0.6) is 11.5 Å². The van der Waals surface area contributed by atoms with Crippen molar-refractivity contribution < 1.29 is 23.8 Å². The summed E-state index contributed by atoms with van der Waals surface area (Å²) in [6, 6.07) is 3.66.